The average molecular weight is 509 g/mol. The lowest BCUT2D eigenvalue weighted by molar-refractivity contribution is -0.394. The largest absolute Gasteiger partial charge is 0.501 e. The lowest BCUT2D eigenvalue weighted by Crippen LogP contribution is -1.98. The summed E-state index contributed by atoms with van der Waals surface area (Å²) in [6.45, 7) is 0. The molecule has 0 atom stereocenters. The van der Waals surface area contributed by atoms with Crippen LogP contribution in [0.4, 0.5) is 34.1 Å². The van der Waals surface area contributed by atoms with Gasteiger partial charge in [0.25, 0.3) is 15.8 Å². The van der Waals surface area contributed by atoms with Crippen molar-refractivity contribution in [3.63, 3.8) is 0 Å². The number of phenols is 1. The molecule has 3 N–H and O–H groups in total. The molecule has 13 nitrogen and oxygen atoms in total. The Morgan fingerprint density at radius 3 is 2.19 bits per heavy atom. The van der Waals surface area contributed by atoms with E-state index in [1.807, 2.05) is 0 Å². The maximum Gasteiger partial charge on any atom is 0.319 e. The Morgan fingerprint density at radius 1 is 0.861 bits per heavy atom. The minimum atomic E-state index is -4.37. The fourth-order valence-electron chi connectivity index (χ4n) is 3.34. The van der Waals surface area contributed by atoms with Gasteiger partial charge in [-0.2, -0.15) is 8.42 Å². The maximum absolute atomic E-state index is 11.3. The Balaban J connectivity index is 1.82. The number of rotatable bonds is 7. The summed E-state index contributed by atoms with van der Waals surface area (Å²) in [5, 5.41) is 45.1. The van der Waals surface area contributed by atoms with Crippen LogP contribution in [0.25, 0.3) is 10.8 Å². The van der Waals surface area contributed by atoms with Crippen molar-refractivity contribution in [1.29, 1.82) is 0 Å². The number of non-ortho nitro benzene ring substituents is 1. The van der Waals surface area contributed by atoms with Gasteiger partial charge in [-0.05, 0) is 35.7 Å². The molecular formula is C22H15N5O8S. The molecule has 0 spiro atoms. The number of benzene rings is 4. The molecule has 0 aliphatic rings. The highest BCUT2D eigenvalue weighted by Crippen LogP contribution is 2.42. The first kappa shape index (κ1) is 24.2. The van der Waals surface area contributed by atoms with Gasteiger partial charge < -0.3 is 10.4 Å². The van der Waals surface area contributed by atoms with Crippen LogP contribution in [0.2, 0.25) is 0 Å². The number of nitro benzene ring substituents is 2. The van der Waals surface area contributed by atoms with E-state index in [4.69, 9.17) is 4.55 Å². The zero-order chi connectivity index (χ0) is 26.0. The van der Waals surface area contributed by atoms with E-state index in [-0.39, 0.29) is 10.6 Å². The van der Waals surface area contributed by atoms with Crippen LogP contribution in [0, 0.1) is 20.2 Å². The van der Waals surface area contributed by atoms with Gasteiger partial charge in [-0.3, -0.25) is 24.8 Å². The molecule has 0 heterocycles. The fraction of sp³-hybridized carbons (Fsp3) is 0. The Hall–Kier alpha value is -4.95. The van der Waals surface area contributed by atoms with Crippen molar-refractivity contribution in [2.75, 3.05) is 5.32 Å². The summed E-state index contributed by atoms with van der Waals surface area (Å²) >= 11 is 0. The predicted molar refractivity (Wildman–Crippen MR) is 129 cm³/mol. The van der Waals surface area contributed by atoms with Crippen LogP contribution in [0.1, 0.15) is 0 Å². The smallest absolute Gasteiger partial charge is 0.319 e. The molecule has 182 valence electrons. The molecule has 4 aromatic rings. The maximum atomic E-state index is 11.3. The van der Waals surface area contributed by atoms with Gasteiger partial charge in [0.1, 0.15) is 11.4 Å². The third-order valence-electron chi connectivity index (χ3n) is 5.05. The van der Waals surface area contributed by atoms with Crippen molar-refractivity contribution >= 4 is 55.0 Å². The van der Waals surface area contributed by atoms with E-state index in [9.17, 15) is 33.8 Å². The molecule has 0 aromatic heterocycles. The second kappa shape index (κ2) is 9.36. The SMILES string of the molecule is O=[N+]([O-])c1cc(N=Nc2c(Nc3ccc(S(=O)(=O)O)cc3)ccc3ccccc23)c(O)c([N+](=O)[O-])c1. The number of nitro groups is 2. The van der Waals surface area contributed by atoms with E-state index in [0.717, 1.165) is 11.5 Å². The molecule has 0 amide bonds. The highest BCUT2D eigenvalue weighted by molar-refractivity contribution is 7.85. The topological polar surface area (TPSA) is 198 Å². The van der Waals surface area contributed by atoms with Gasteiger partial charge in [0.15, 0.2) is 0 Å². The molecule has 0 bridgehead atoms. The number of aromatic hydroxyl groups is 1. The summed E-state index contributed by atoms with van der Waals surface area (Å²) in [7, 11) is -4.37. The highest BCUT2D eigenvalue weighted by atomic mass is 32.2. The van der Waals surface area contributed by atoms with E-state index in [1.165, 1.54) is 24.3 Å². The number of hydrogen-bond donors (Lipinski definition) is 3. The van der Waals surface area contributed by atoms with Gasteiger partial charge >= 0.3 is 5.69 Å². The van der Waals surface area contributed by atoms with Gasteiger partial charge in [0.2, 0.25) is 5.75 Å². The van der Waals surface area contributed by atoms with Gasteiger partial charge in [-0.25, -0.2) is 0 Å². The summed E-state index contributed by atoms with van der Waals surface area (Å²) < 4.78 is 31.7. The minimum absolute atomic E-state index is 0.237. The molecule has 0 saturated heterocycles. The molecule has 4 aromatic carbocycles. The van der Waals surface area contributed by atoms with Crippen molar-refractivity contribution < 1.29 is 27.9 Å². The minimum Gasteiger partial charge on any atom is -0.501 e. The van der Waals surface area contributed by atoms with Gasteiger partial charge in [0, 0.05) is 17.1 Å². The Bertz CT molecular complexity index is 1650. The molecule has 0 unspecified atom stereocenters. The highest BCUT2D eigenvalue weighted by Gasteiger charge is 2.24. The molecule has 0 fully saturated rings. The fourth-order valence-corrected chi connectivity index (χ4v) is 3.82. The van der Waals surface area contributed by atoms with Crippen molar-refractivity contribution in [2.24, 2.45) is 10.2 Å². The van der Waals surface area contributed by atoms with E-state index in [1.54, 1.807) is 36.4 Å². The second-order valence-corrected chi connectivity index (χ2v) is 8.78. The predicted octanol–water partition coefficient (Wildman–Crippen LogP) is 5.77. The monoisotopic (exact) mass is 509 g/mol. The number of anilines is 2. The normalized spacial score (nSPS) is 11.6. The van der Waals surface area contributed by atoms with Crippen LogP contribution in [0.15, 0.2) is 87.9 Å². The zero-order valence-corrected chi connectivity index (χ0v) is 18.8. The van der Waals surface area contributed by atoms with Gasteiger partial charge in [0.05, 0.1) is 26.5 Å². The van der Waals surface area contributed by atoms with E-state index >= 15 is 0 Å². The Labute approximate surface area is 202 Å². The number of fused-ring (bicyclic) bond motifs is 1. The first-order chi connectivity index (χ1) is 17.0. The third-order valence-corrected chi connectivity index (χ3v) is 5.92. The van der Waals surface area contributed by atoms with Crippen LogP contribution in [-0.4, -0.2) is 27.9 Å². The quantitative estimate of drug-likeness (QED) is 0.120. The lowest BCUT2D eigenvalue weighted by Gasteiger charge is -2.12. The number of azo groups is 1. The van der Waals surface area contributed by atoms with E-state index in [0.29, 0.717) is 22.8 Å². The summed E-state index contributed by atoms with van der Waals surface area (Å²) in [4.78, 5) is 20.3. The van der Waals surface area contributed by atoms with Crippen molar-refractivity contribution in [2.45, 2.75) is 4.90 Å². The zero-order valence-electron chi connectivity index (χ0n) is 18.0. The average Bonchev–Trinajstić information content (AvgIpc) is 2.83. The van der Waals surface area contributed by atoms with Crippen molar-refractivity contribution in [3.8, 4) is 5.75 Å². The molecule has 4 rings (SSSR count). The van der Waals surface area contributed by atoms with E-state index < -0.39 is 42.8 Å². The number of hydrogen-bond acceptors (Lipinski definition) is 10. The molecule has 14 heteroatoms. The third kappa shape index (κ3) is 4.94. The van der Waals surface area contributed by atoms with Crippen LogP contribution in [0.3, 0.4) is 0 Å². The molecule has 0 aliphatic heterocycles. The van der Waals surface area contributed by atoms with Crippen LogP contribution in [0.5, 0.6) is 5.75 Å². The molecule has 0 saturated carbocycles. The van der Waals surface area contributed by atoms with Crippen LogP contribution in [-0.2, 0) is 10.1 Å². The second-order valence-electron chi connectivity index (χ2n) is 7.35. The Kier molecular flexibility index (Phi) is 6.29. The summed E-state index contributed by atoms with van der Waals surface area (Å²) in [6.07, 6.45) is 0. The van der Waals surface area contributed by atoms with Crippen LogP contribution >= 0.6 is 0 Å². The Morgan fingerprint density at radius 2 is 1.56 bits per heavy atom. The summed E-state index contributed by atoms with van der Waals surface area (Å²) in [6, 6.07) is 17.2. The van der Waals surface area contributed by atoms with Crippen molar-refractivity contribution in [3.05, 3.63) is 93.0 Å². The number of phenolic OH excluding ortho intramolecular Hbond substituents is 1. The molecule has 0 aliphatic carbocycles. The van der Waals surface area contributed by atoms with Crippen LogP contribution < -0.4 is 5.32 Å². The number of nitrogens with zero attached hydrogens (tertiary/aromatic N) is 4. The molecular weight excluding hydrogens is 494 g/mol. The number of nitrogens with one attached hydrogen (secondary N) is 1. The van der Waals surface area contributed by atoms with E-state index in [2.05, 4.69) is 15.5 Å². The first-order valence-corrected chi connectivity index (χ1v) is 11.4. The summed E-state index contributed by atoms with van der Waals surface area (Å²) in [5.41, 5.74) is -0.968. The van der Waals surface area contributed by atoms with Gasteiger partial charge in [-0.15, -0.1) is 10.2 Å². The lowest BCUT2D eigenvalue weighted by atomic mass is 10.1. The molecule has 0 radical (unpaired) electrons. The van der Waals surface area contributed by atoms with Crippen molar-refractivity contribution in [1.82, 2.24) is 0 Å². The standard InChI is InChI=1S/C22H15N5O8S/c28-22-19(11-15(26(29)30)12-20(22)27(31)32)24-25-21-17-4-2-1-3-13(17)5-10-18(21)23-14-6-8-16(9-7-14)36(33,34)35/h1-12,23,28H,(H,33,34,35). The summed E-state index contributed by atoms with van der Waals surface area (Å²) in [5.74, 6) is -0.884. The first-order valence-electron chi connectivity index (χ1n) is 9.98. The van der Waals surface area contributed by atoms with Gasteiger partial charge in [-0.1, -0.05) is 30.3 Å². The molecule has 36 heavy (non-hydrogen) atoms.